The van der Waals surface area contributed by atoms with Crippen molar-refractivity contribution in [3.05, 3.63) is 0 Å². The van der Waals surface area contributed by atoms with Crippen molar-refractivity contribution >= 4 is 11.6 Å². The lowest BCUT2D eigenvalue weighted by atomic mass is 10.00. The molecule has 1 rings (SSSR count). The molecule has 18 heavy (non-hydrogen) atoms. The lowest BCUT2D eigenvalue weighted by molar-refractivity contribution is 0.0171. The Hall–Kier alpha value is 0.130. The van der Waals surface area contributed by atoms with Gasteiger partial charge in [-0.05, 0) is 18.9 Å². The molecule has 0 aliphatic carbocycles. The Bertz CT molecular complexity index is 207. The molecule has 1 aliphatic heterocycles. The van der Waals surface area contributed by atoms with Crippen molar-refractivity contribution < 1.29 is 14.2 Å². The van der Waals surface area contributed by atoms with E-state index in [1.54, 1.807) is 7.11 Å². The third-order valence-electron chi connectivity index (χ3n) is 3.24. The first-order valence-electron chi connectivity index (χ1n) is 6.75. The average Bonchev–Trinajstić information content (AvgIpc) is 2.37. The van der Waals surface area contributed by atoms with Crippen LogP contribution in [0.4, 0.5) is 0 Å². The predicted molar refractivity (Wildman–Crippen MR) is 73.4 cm³/mol. The Balaban J connectivity index is 1.89. The molecule has 0 amide bonds. The van der Waals surface area contributed by atoms with Crippen LogP contribution in [0, 0.1) is 5.92 Å². The lowest BCUT2D eigenvalue weighted by Crippen LogP contribution is -2.41. The van der Waals surface area contributed by atoms with Crippen LogP contribution in [0.3, 0.4) is 0 Å². The summed E-state index contributed by atoms with van der Waals surface area (Å²) in [4.78, 5) is 2.43. The van der Waals surface area contributed by atoms with Crippen LogP contribution in [0.2, 0.25) is 0 Å². The molecule has 1 aliphatic rings. The molecule has 0 spiro atoms. The van der Waals surface area contributed by atoms with Gasteiger partial charge in [0.15, 0.2) is 0 Å². The van der Waals surface area contributed by atoms with Gasteiger partial charge in [-0.1, -0.05) is 6.92 Å². The molecule has 1 fully saturated rings. The molecule has 2 unspecified atom stereocenters. The zero-order valence-corrected chi connectivity index (χ0v) is 12.3. The molecule has 0 N–H and O–H groups in total. The normalized spacial score (nSPS) is 25.5. The fourth-order valence-electron chi connectivity index (χ4n) is 2.06. The number of ether oxygens (including phenoxy) is 3. The Labute approximate surface area is 116 Å². The van der Waals surface area contributed by atoms with E-state index in [0.29, 0.717) is 37.7 Å². The molecule has 0 radical (unpaired) electrons. The van der Waals surface area contributed by atoms with Crippen molar-refractivity contribution in [2.75, 3.05) is 59.8 Å². The van der Waals surface area contributed by atoms with Crippen LogP contribution >= 0.6 is 11.6 Å². The number of rotatable bonds is 9. The van der Waals surface area contributed by atoms with Crippen LogP contribution in [0.15, 0.2) is 0 Å². The molecule has 5 heteroatoms. The maximum Gasteiger partial charge on any atom is 0.0701 e. The largest absolute Gasteiger partial charge is 0.382 e. The van der Waals surface area contributed by atoms with Gasteiger partial charge in [-0.2, -0.15) is 0 Å². The van der Waals surface area contributed by atoms with Crippen LogP contribution in [0.5, 0.6) is 0 Å². The van der Waals surface area contributed by atoms with Gasteiger partial charge in [-0.3, -0.25) is 0 Å². The minimum Gasteiger partial charge on any atom is -0.382 e. The second-order valence-electron chi connectivity index (χ2n) is 4.80. The zero-order chi connectivity index (χ0) is 13.2. The number of hydrogen-bond acceptors (Lipinski definition) is 4. The number of nitrogens with zero attached hydrogens (tertiary/aromatic N) is 1. The van der Waals surface area contributed by atoms with Gasteiger partial charge in [0, 0.05) is 25.6 Å². The Morgan fingerprint density at radius 1 is 1.11 bits per heavy atom. The van der Waals surface area contributed by atoms with Crippen LogP contribution < -0.4 is 0 Å². The monoisotopic (exact) mass is 279 g/mol. The number of alkyl halides is 1. The van der Waals surface area contributed by atoms with Crippen LogP contribution in [0.1, 0.15) is 13.3 Å². The first kappa shape index (κ1) is 16.2. The van der Waals surface area contributed by atoms with Gasteiger partial charge >= 0.3 is 0 Å². The van der Waals surface area contributed by atoms with E-state index in [-0.39, 0.29) is 0 Å². The summed E-state index contributed by atoms with van der Waals surface area (Å²) < 4.78 is 15.7. The van der Waals surface area contributed by atoms with Gasteiger partial charge < -0.3 is 19.1 Å². The zero-order valence-electron chi connectivity index (χ0n) is 11.6. The summed E-state index contributed by atoms with van der Waals surface area (Å²) in [6.07, 6.45) is 1.09. The van der Waals surface area contributed by atoms with Gasteiger partial charge in [-0.25, -0.2) is 0 Å². The van der Waals surface area contributed by atoms with E-state index in [1.807, 2.05) is 0 Å². The number of likely N-dealkylation sites (tertiary alicyclic amines) is 1. The minimum absolute atomic E-state index is 0.344. The fraction of sp³-hybridized carbons (Fsp3) is 1.00. The molecular weight excluding hydrogens is 254 g/mol. The molecular formula is C13H26ClNO3. The van der Waals surface area contributed by atoms with E-state index in [2.05, 4.69) is 11.8 Å². The molecule has 0 bridgehead atoms. The van der Waals surface area contributed by atoms with Crippen molar-refractivity contribution in [2.24, 2.45) is 5.92 Å². The molecule has 0 aromatic carbocycles. The molecule has 1 saturated heterocycles. The molecule has 108 valence electrons. The van der Waals surface area contributed by atoms with Gasteiger partial charge in [0.2, 0.25) is 0 Å². The van der Waals surface area contributed by atoms with Crippen molar-refractivity contribution in [3.63, 3.8) is 0 Å². The summed E-state index contributed by atoms with van der Waals surface area (Å²) >= 11 is 6.19. The highest BCUT2D eigenvalue weighted by atomic mass is 35.5. The summed E-state index contributed by atoms with van der Waals surface area (Å²) in [5.74, 6) is 0.581. The summed E-state index contributed by atoms with van der Waals surface area (Å²) in [5.41, 5.74) is 0. The number of halogens is 1. The molecule has 4 nitrogen and oxygen atoms in total. The van der Waals surface area contributed by atoms with Gasteiger partial charge in [-0.15, -0.1) is 11.6 Å². The highest BCUT2D eigenvalue weighted by molar-refractivity contribution is 6.20. The quantitative estimate of drug-likeness (QED) is 0.474. The number of hydrogen-bond donors (Lipinski definition) is 0. The Kier molecular flexibility index (Phi) is 8.98. The van der Waals surface area contributed by atoms with Gasteiger partial charge in [0.1, 0.15) is 0 Å². The second kappa shape index (κ2) is 9.98. The van der Waals surface area contributed by atoms with Gasteiger partial charge in [0.25, 0.3) is 0 Å². The summed E-state index contributed by atoms with van der Waals surface area (Å²) in [5, 5.41) is 0.344. The fourth-order valence-corrected chi connectivity index (χ4v) is 2.24. The lowest BCUT2D eigenvalue weighted by Gasteiger charge is -2.33. The molecule has 0 aromatic heterocycles. The SMILES string of the molecule is COCCOCCOCCN1CCC(Cl)C(C)C1. The smallest absolute Gasteiger partial charge is 0.0701 e. The molecule has 1 heterocycles. The standard InChI is InChI=1S/C13H26ClNO3/c1-12-11-15(4-3-13(12)14)5-6-17-9-10-18-8-7-16-2/h12-13H,3-11H2,1-2H3. The number of methoxy groups -OCH3 is 1. The summed E-state index contributed by atoms with van der Waals surface area (Å²) in [6, 6.07) is 0. The van der Waals surface area contributed by atoms with Crippen LogP contribution in [-0.2, 0) is 14.2 Å². The van der Waals surface area contributed by atoms with Crippen LogP contribution in [-0.4, -0.2) is 70.1 Å². The highest BCUT2D eigenvalue weighted by Crippen LogP contribution is 2.21. The maximum atomic E-state index is 6.19. The van der Waals surface area contributed by atoms with Crippen molar-refractivity contribution in [1.29, 1.82) is 0 Å². The third-order valence-corrected chi connectivity index (χ3v) is 3.89. The summed E-state index contributed by atoms with van der Waals surface area (Å²) in [7, 11) is 1.67. The Morgan fingerprint density at radius 3 is 2.44 bits per heavy atom. The molecule has 2 atom stereocenters. The second-order valence-corrected chi connectivity index (χ2v) is 5.36. The van der Waals surface area contributed by atoms with Crippen LogP contribution in [0.25, 0.3) is 0 Å². The maximum absolute atomic E-state index is 6.19. The van der Waals surface area contributed by atoms with E-state index in [1.165, 1.54) is 0 Å². The van der Waals surface area contributed by atoms with Crippen molar-refractivity contribution in [3.8, 4) is 0 Å². The highest BCUT2D eigenvalue weighted by Gasteiger charge is 2.23. The Morgan fingerprint density at radius 2 is 1.78 bits per heavy atom. The predicted octanol–water partition coefficient (Wildman–Crippen LogP) is 1.62. The van der Waals surface area contributed by atoms with Gasteiger partial charge in [0.05, 0.1) is 33.0 Å². The number of piperidine rings is 1. The molecule has 0 saturated carbocycles. The van der Waals surface area contributed by atoms with E-state index in [0.717, 1.165) is 32.7 Å². The van der Waals surface area contributed by atoms with E-state index < -0.39 is 0 Å². The third kappa shape index (κ3) is 6.90. The first-order valence-corrected chi connectivity index (χ1v) is 7.18. The minimum atomic E-state index is 0.344. The van der Waals surface area contributed by atoms with Crippen molar-refractivity contribution in [1.82, 2.24) is 4.90 Å². The topological polar surface area (TPSA) is 30.9 Å². The summed E-state index contributed by atoms with van der Waals surface area (Å²) in [6.45, 7) is 8.74. The first-order chi connectivity index (χ1) is 8.74. The van der Waals surface area contributed by atoms with Crippen molar-refractivity contribution in [2.45, 2.75) is 18.7 Å². The molecule has 0 aromatic rings. The van der Waals surface area contributed by atoms with E-state index >= 15 is 0 Å². The average molecular weight is 280 g/mol. The van der Waals surface area contributed by atoms with E-state index in [9.17, 15) is 0 Å². The van der Waals surface area contributed by atoms with E-state index in [4.69, 9.17) is 25.8 Å².